The number of thiophene rings is 1. The van der Waals surface area contributed by atoms with Gasteiger partial charge in [0.1, 0.15) is 0 Å². The minimum absolute atomic E-state index is 0.232. The quantitative estimate of drug-likeness (QED) is 0.754. The number of Topliss-reactive ketones (excluding diaryl/α,β-unsaturated/α-hetero) is 1. The van der Waals surface area contributed by atoms with Crippen molar-refractivity contribution in [1.82, 2.24) is 0 Å². The van der Waals surface area contributed by atoms with Gasteiger partial charge in [-0.15, -0.1) is 11.3 Å². The summed E-state index contributed by atoms with van der Waals surface area (Å²) in [4.78, 5) is 14.1. The molecule has 4 heteroatoms. The summed E-state index contributed by atoms with van der Waals surface area (Å²) in [5.41, 5.74) is 0.270. The maximum atomic E-state index is 12.3. The number of hydrogen-bond donors (Lipinski definition) is 0. The van der Waals surface area contributed by atoms with E-state index in [1.165, 1.54) is 11.3 Å². The molecule has 2 heterocycles. The van der Waals surface area contributed by atoms with E-state index in [1.807, 2.05) is 12.1 Å². The van der Waals surface area contributed by atoms with Crippen LogP contribution in [0.25, 0.3) is 0 Å². The third-order valence-electron chi connectivity index (χ3n) is 3.25. The summed E-state index contributed by atoms with van der Waals surface area (Å²) in [6.45, 7) is 10.1. The van der Waals surface area contributed by atoms with Crippen LogP contribution >= 0.6 is 11.3 Å². The summed E-state index contributed by atoms with van der Waals surface area (Å²) in [5, 5.41) is 0. The molecule has 1 aromatic rings. The molecule has 0 saturated carbocycles. The van der Waals surface area contributed by atoms with E-state index in [1.54, 1.807) is 0 Å². The molecule has 20 heavy (non-hydrogen) atoms. The zero-order valence-electron chi connectivity index (χ0n) is 12.8. The Hall–Kier alpha value is -0.710. The van der Waals surface area contributed by atoms with Crippen molar-refractivity contribution in [3.8, 4) is 0 Å². The van der Waals surface area contributed by atoms with Crippen LogP contribution in [0.5, 0.6) is 0 Å². The van der Waals surface area contributed by atoms with Crippen LogP contribution in [-0.2, 0) is 9.47 Å². The van der Waals surface area contributed by atoms with Gasteiger partial charge in [-0.1, -0.05) is 27.7 Å². The molecule has 0 spiro atoms. The number of hydrogen-bond acceptors (Lipinski definition) is 4. The van der Waals surface area contributed by atoms with E-state index in [-0.39, 0.29) is 17.5 Å². The normalized spacial score (nSPS) is 18.4. The van der Waals surface area contributed by atoms with Crippen LogP contribution in [0.1, 0.15) is 61.4 Å². The Labute approximate surface area is 125 Å². The highest BCUT2D eigenvalue weighted by Gasteiger charge is 2.23. The minimum Gasteiger partial charge on any atom is -0.345 e. The monoisotopic (exact) mass is 296 g/mol. The highest BCUT2D eigenvalue weighted by Crippen LogP contribution is 2.32. The Morgan fingerprint density at radius 3 is 2.60 bits per heavy atom. The van der Waals surface area contributed by atoms with Gasteiger partial charge in [-0.05, 0) is 29.9 Å². The van der Waals surface area contributed by atoms with Crippen LogP contribution < -0.4 is 0 Å². The SMILES string of the molecule is CC(CC(=O)c1ccc(C2OCCO2)s1)CC(C)(C)C. The first-order chi connectivity index (χ1) is 9.35. The predicted octanol–water partition coefficient (Wildman–Crippen LogP) is 4.44. The lowest BCUT2D eigenvalue weighted by atomic mass is 9.83. The fourth-order valence-corrected chi connectivity index (χ4v) is 3.64. The van der Waals surface area contributed by atoms with Gasteiger partial charge in [0.15, 0.2) is 12.1 Å². The molecule has 1 aromatic heterocycles. The summed E-state index contributed by atoms with van der Waals surface area (Å²) in [6.07, 6.45) is 1.41. The average molecular weight is 296 g/mol. The Kier molecular flexibility index (Phi) is 4.99. The molecule has 1 aliphatic heterocycles. The van der Waals surface area contributed by atoms with Crippen molar-refractivity contribution in [2.24, 2.45) is 11.3 Å². The fourth-order valence-electron chi connectivity index (χ4n) is 2.69. The first-order valence-corrected chi connectivity index (χ1v) is 8.03. The highest BCUT2D eigenvalue weighted by atomic mass is 32.1. The van der Waals surface area contributed by atoms with Crippen LogP contribution in [0, 0.1) is 11.3 Å². The Morgan fingerprint density at radius 2 is 2.00 bits per heavy atom. The number of carbonyl (C=O) groups is 1. The number of carbonyl (C=O) groups excluding carboxylic acids is 1. The van der Waals surface area contributed by atoms with Crippen LogP contribution in [0.3, 0.4) is 0 Å². The lowest BCUT2D eigenvalue weighted by molar-refractivity contribution is -0.0413. The second kappa shape index (κ2) is 6.37. The minimum atomic E-state index is -0.270. The van der Waals surface area contributed by atoms with E-state index >= 15 is 0 Å². The molecule has 1 atom stereocenters. The van der Waals surface area contributed by atoms with E-state index in [0.29, 0.717) is 25.6 Å². The van der Waals surface area contributed by atoms with E-state index in [4.69, 9.17) is 9.47 Å². The largest absolute Gasteiger partial charge is 0.345 e. The summed E-state index contributed by atoms with van der Waals surface area (Å²) in [5.74, 6) is 0.642. The van der Waals surface area contributed by atoms with E-state index in [0.717, 1.165) is 16.2 Å². The number of ether oxygens (including phenoxy) is 2. The first-order valence-electron chi connectivity index (χ1n) is 7.21. The molecule has 0 aliphatic carbocycles. The van der Waals surface area contributed by atoms with Crippen molar-refractivity contribution in [3.05, 3.63) is 21.9 Å². The molecule has 1 unspecified atom stereocenters. The van der Waals surface area contributed by atoms with Crippen LogP contribution in [-0.4, -0.2) is 19.0 Å². The molecule has 112 valence electrons. The Balaban J connectivity index is 1.92. The van der Waals surface area contributed by atoms with Crippen LogP contribution in [0.2, 0.25) is 0 Å². The molecule has 1 aliphatic rings. The molecule has 0 aromatic carbocycles. The zero-order valence-corrected chi connectivity index (χ0v) is 13.6. The van der Waals surface area contributed by atoms with Crippen LogP contribution in [0.15, 0.2) is 12.1 Å². The summed E-state index contributed by atoms with van der Waals surface area (Å²) in [6, 6.07) is 3.85. The molecule has 1 saturated heterocycles. The fraction of sp³-hybridized carbons (Fsp3) is 0.688. The van der Waals surface area contributed by atoms with Gasteiger partial charge < -0.3 is 9.47 Å². The number of rotatable bonds is 5. The van der Waals surface area contributed by atoms with Gasteiger partial charge in [-0.2, -0.15) is 0 Å². The van der Waals surface area contributed by atoms with Crippen molar-refractivity contribution < 1.29 is 14.3 Å². The average Bonchev–Trinajstić information content (AvgIpc) is 2.97. The summed E-state index contributed by atoms with van der Waals surface area (Å²) < 4.78 is 10.9. The maximum Gasteiger partial charge on any atom is 0.193 e. The van der Waals surface area contributed by atoms with Crippen LogP contribution in [0.4, 0.5) is 0 Å². The lowest BCUT2D eigenvalue weighted by Gasteiger charge is -2.22. The molecule has 1 fully saturated rings. The van der Waals surface area contributed by atoms with E-state index in [2.05, 4.69) is 27.7 Å². The Morgan fingerprint density at radius 1 is 1.35 bits per heavy atom. The van der Waals surface area contributed by atoms with Crippen molar-refractivity contribution in [1.29, 1.82) is 0 Å². The van der Waals surface area contributed by atoms with Gasteiger partial charge in [0, 0.05) is 6.42 Å². The van der Waals surface area contributed by atoms with Gasteiger partial charge in [-0.25, -0.2) is 0 Å². The van der Waals surface area contributed by atoms with Gasteiger partial charge in [0.2, 0.25) is 0 Å². The molecule has 2 rings (SSSR count). The molecule has 0 bridgehead atoms. The second-order valence-corrected chi connectivity index (χ2v) is 7.89. The molecule has 0 N–H and O–H groups in total. The van der Waals surface area contributed by atoms with Crippen molar-refractivity contribution in [3.63, 3.8) is 0 Å². The predicted molar refractivity (Wildman–Crippen MR) is 81.1 cm³/mol. The van der Waals surface area contributed by atoms with Gasteiger partial charge >= 0.3 is 0 Å². The topological polar surface area (TPSA) is 35.5 Å². The van der Waals surface area contributed by atoms with E-state index < -0.39 is 0 Å². The van der Waals surface area contributed by atoms with Gasteiger partial charge in [0.05, 0.1) is 23.0 Å². The van der Waals surface area contributed by atoms with Gasteiger partial charge in [0.25, 0.3) is 0 Å². The molecule has 0 radical (unpaired) electrons. The smallest absolute Gasteiger partial charge is 0.193 e. The standard InChI is InChI=1S/C16H24O3S/c1-11(10-16(2,3)4)9-12(17)13-5-6-14(20-13)15-18-7-8-19-15/h5-6,11,15H,7-10H2,1-4H3. The third kappa shape index (κ3) is 4.40. The van der Waals surface area contributed by atoms with Gasteiger partial charge in [-0.3, -0.25) is 4.79 Å². The third-order valence-corrected chi connectivity index (χ3v) is 4.40. The van der Waals surface area contributed by atoms with Crippen molar-refractivity contribution in [2.75, 3.05) is 13.2 Å². The second-order valence-electron chi connectivity index (χ2n) is 6.77. The molecular formula is C16H24O3S. The molecular weight excluding hydrogens is 272 g/mol. The zero-order chi connectivity index (χ0) is 14.8. The first kappa shape index (κ1) is 15.7. The lowest BCUT2D eigenvalue weighted by Crippen LogP contribution is -2.14. The molecule has 0 amide bonds. The molecule has 3 nitrogen and oxygen atoms in total. The maximum absolute atomic E-state index is 12.3. The summed E-state index contributed by atoms with van der Waals surface area (Å²) in [7, 11) is 0. The van der Waals surface area contributed by atoms with Crippen molar-refractivity contribution >= 4 is 17.1 Å². The summed E-state index contributed by atoms with van der Waals surface area (Å²) >= 11 is 1.50. The number of ketones is 1. The van der Waals surface area contributed by atoms with E-state index in [9.17, 15) is 4.79 Å². The highest BCUT2D eigenvalue weighted by molar-refractivity contribution is 7.14. The Bertz CT molecular complexity index is 453. The van der Waals surface area contributed by atoms with Crippen molar-refractivity contribution in [2.45, 2.75) is 46.8 Å².